The summed E-state index contributed by atoms with van der Waals surface area (Å²) >= 11 is 24.0. The third-order valence-corrected chi connectivity index (χ3v) is 5.86. The highest BCUT2D eigenvalue weighted by Gasteiger charge is 2.43. The number of unbranched alkanes of at least 4 members (excludes halogenated alkanes) is 1. The van der Waals surface area contributed by atoms with Gasteiger partial charge in [-0.3, -0.25) is 19.3 Å². The minimum absolute atomic E-state index is 0.128. The van der Waals surface area contributed by atoms with Gasteiger partial charge in [-0.05, 0) is 36.8 Å². The van der Waals surface area contributed by atoms with Crippen LogP contribution < -0.4 is 5.32 Å². The van der Waals surface area contributed by atoms with Crippen molar-refractivity contribution in [1.82, 2.24) is 4.90 Å². The second kappa shape index (κ2) is 8.92. The van der Waals surface area contributed by atoms with Gasteiger partial charge in [-0.1, -0.05) is 66.2 Å². The molecule has 1 N–H and O–H groups in total. The van der Waals surface area contributed by atoms with Gasteiger partial charge in [-0.25, -0.2) is 0 Å². The van der Waals surface area contributed by atoms with Crippen molar-refractivity contribution < 1.29 is 14.4 Å². The number of fused-ring (bicyclic) bond motifs is 1. The number of imide groups is 1. The van der Waals surface area contributed by atoms with E-state index < -0.39 is 23.8 Å². The summed E-state index contributed by atoms with van der Waals surface area (Å²) in [6.07, 6.45) is 1.73. The third-order valence-electron chi connectivity index (χ3n) is 4.59. The molecule has 1 unspecified atom stereocenters. The van der Waals surface area contributed by atoms with Crippen LogP contribution in [0, 0.1) is 0 Å². The number of carbonyl (C=O) groups excluding carboxylic acids is 3. The normalized spacial score (nSPS) is 14.2. The Morgan fingerprint density at radius 1 is 0.966 bits per heavy atom. The predicted octanol–water partition coefficient (Wildman–Crippen LogP) is 6.09. The first-order chi connectivity index (χ1) is 13.7. The van der Waals surface area contributed by atoms with Crippen molar-refractivity contribution in [2.75, 3.05) is 5.32 Å². The van der Waals surface area contributed by atoms with E-state index in [4.69, 9.17) is 46.4 Å². The largest absolute Gasteiger partial charge is 0.323 e. The minimum atomic E-state index is -1.01. The average molecular weight is 474 g/mol. The smallest absolute Gasteiger partial charge is 0.262 e. The van der Waals surface area contributed by atoms with Gasteiger partial charge in [-0.15, -0.1) is 0 Å². The predicted molar refractivity (Wildman–Crippen MR) is 115 cm³/mol. The molecule has 0 aromatic heterocycles. The van der Waals surface area contributed by atoms with E-state index in [0.29, 0.717) is 23.6 Å². The number of hydrogen-bond acceptors (Lipinski definition) is 3. The SMILES string of the molecule is CCCCC(C(=O)Nc1ccc(Cl)cc1Cl)N1C(=O)c2cc(Cl)c(Cl)cc2C1=O. The van der Waals surface area contributed by atoms with Crippen LogP contribution in [0.25, 0.3) is 0 Å². The fraction of sp³-hybridized carbons (Fsp3) is 0.250. The molecule has 0 bridgehead atoms. The molecule has 1 atom stereocenters. The van der Waals surface area contributed by atoms with Crippen LogP contribution in [0.15, 0.2) is 30.3 Å². The van der Waals surface area contributed by atoms with Crippen LogP contribution in [-0.2, 0) is 4.79 Å². The maximum atomic E-state index is 13.0. The van der Waals surface area contributed by atoms with Crippen molar-refractivity contribution in [3.8, 4) is 0 Å². The molecular formula is C20H16Cl4N2O3. The summed E-state index contributed by atoms with van der Waals surface area (Å²) in [5.74, 6) is -1.68. The highest BCUT2D eigenvalue weighted by molar-refractivity contribution is 6.43. The van der Waals surface area contributed by atoms with E-state index in [1.54, 1.807) is 12.1 Å². The van der Waals surface area contributed by atoms with Gasteiger partial charge < -0.3 is 5.32 Å². The number of rotatable bonds is 6. The van der Waals surface area contributed by atoms with E-state index in [0.717, 1.165) is 11.3 Å². The van der Waals surface area contributed by atoms with Gasteiger partial charge in [-0.2, -0.15) is 0 Å². The molecule has 0 fully saturated rings. The third kappa shape index (κ3) is 4.38. The second-order valence-electron chi connectivity index (χ2n) is 6.56. The van der Waals surface area contributed by atoms with E-state index in [9.17, 15) is 14.4 Å². The van der Waals surface area contributed by atoms with Crippen molar-refractivity contribution in [2.24, 2.45) is 0 Å². The van der Waals surface area contributed by atoms with Crippen molar-refractivity contribution in [2.45, 2.75) is 32.2 Å². The lowest BCUT2D eigenvalue weighted by atomic mass is 10.1. The van der Waals surface area contributed by atoms with Gasteiger partial charge >= 0.3 is 0 Å². The van der Waals surface area contributed by atoms with Crippen LogP contribution in [0.2, 0.25) is 20.1 Å². The summed E-state index contributed by atoms with van der Waals surface area (Å²) in [7, 11) is 0. The molecule has 3 rings (SSSR count). The Morgan fingerprint density at radius 3 is 2.07 bits per heavy atom. The number of amides is 3. The summed E-state index contributed by atoms with van der Waals surface area (Å²) in [5.41, 5.74) is 0.594. The van der Waals surface area contributed by atoms with E-state index in [-0.39, 0.29) is 26.2 Å². The number of carbonyl (C=O) groups is 3. The fourth-order valence-corrected chi connectivity index (χ4v) is 3.90. The van der Waals surface area contributed by atoms with Gasteiger partial charge in [0.15, 0.2) is 0 Å². The Labute approximate surface area is 187 Å². The zero-order valence-corrected chi connectivity index (χ0v) is 18.3. The first-order valence-corrected chi connectivity index (χ1v) is 10.4. The average Bonchev–Trinajstić information content (AvgIpc) is 2.89. The lowest BCUT2D eigenvalue weighted by Crippen LogP contribution is -2.47. The molecule has 2 aromatic rings. The molecule has 5 nitrogen and oxygen atoms in total. The zero-order chi connectivity index (χ0) is 21.3. The molecular weight excluding hydrogens is 458 g/mol. The summed E-state index contributed by atoms with van der Waals surface area (Å²) in [4.78, 5) is 39.8. The Kier molecular flexibility index (Phi) is 6.74. The number of halogens is 4. The maximum absolute atomic E-state index is 13.0. The van der Waals surface area contributed by atoms with Gasteiger partial charge in [0.2, 0.25) is 5.91 Å². The first kappa shape index (κ1) is 21.9. The van der Waals surface area contributed by atoms with Crippen molar-refractivity contribution in [3.05, 3.63) is 61.5 Å². The number of nitrogens with zero attached hydrogens (tertiary/aromatic N) is 1. The van der Waals surface area contributed by atoms with E-state index in [1.807, 2.05) is 6.92 Å². The molecule has 0 radical (unpaired) electrons. The molecule has 0 spiro atoms. The maximum Gasteiger partial charge on any atom is 0.262 e. The van der Waals surface area contributed by atoms with Crippen LogP contribution >= 0.6 is 46.4 Å². The van der Waals surface area contributed by atoms with Crippen LogP contribution in [0.5, 0.6) is 0 Å². The molecule has 0 saturated carbocycles. The Morgan fingerprint density at radius 2 is 1.55 bits per heavy atom. The molecule has 0 aliphatic carbocycles. The van der Waals surface area contributed by atoms with E-state index in [1.165, 1.54) is 18.2 Å². The topological polar surface area (TPSA) is 66.5 Å². The van der Waals surface area contributed by atoms with Crippen LogP contribution in [-0.4, -0.2) is 28.7 Å². The Balaban J connectivity index is 1.93. The first-order valence-electron chi connectivity index (χ1n) is 8.87. The van der Waals surface area contributed by atoms with Gasteiger partial charge in [0.25, 0.3) is 11.8 Å². The van der Waals surface area contributed by atoms with Crippen molar-refractivity contribution >= 4 is 69.8 Å². The van der Waals surface area contributed by atoms with Crippen LogP contribution in [0.1, 0.15) is 46.9 Å². The molecule has 1 aliphatic rings. The summed E-state index contributed by atoms with van der Waals surface area (Å²) in [6.45, 7) is 1.95. The molecule has 9 heteroatoms. The molecule has 152 valence electrons. The number of benzene rings is 2. The fourth-order valence-electron chi connectivity index (χ4n) is 3.12. The monoisotopic (exact) mass is 472 g/mol. The molecule has 0 saturated heterocycles. The van der Waals surface area contributed by atoms with Crippen molar-refractivity contribution in [1.29, 1.82) is 0 Å². The van der Waals surface area contributed by atoms with Crippen LogP contribution in [0.4, 0.5) is 5.69 Å². The molecule has 2 aromatic carbocycles. The Hall–Kier alpha value is -1.79. The van der Waals surface area contributed by atoms with Crippen molar-refractivity contribution in [3.63, 3.8) is 0 Å². The number of nitrogens with one attached hydrogen (secondary N) is 1. The second-order valence-corrected chi connectivity index (χ2v) is 8.22. The lowest BCUT2D eigenvalue weighted by molar-refractivity contribution is -0.120. The quantitative estimate of drug-likeness (QED) is 0.516. The Bertz CT molecular complexity index is 968. The van der Waals surface area contributed by atoms with Gasteiger partial charge in [0, 0.05) is 5.02 Å². The molecule has 3 amide bonds. The minimum Gasteiger partial charge on any atom is -0.323 e. The molecule has 1 aliphatic heterocycles. The summed E-state index contributed by atoms with van der Waals surface area (Å²) in [6, 6.07) is 6.32. The standard InChI is InChI=1S/C20H16Cl4N2O3/c1-2-3-4-17(18(27)25-16-6-5-10(21)7-15(16)24)26-19(28)11-8-13(22)14(23)9-12(11)20(26)29/h5-9,17H,2-4H2,1H3,(H,25,27). The zero-order valence-electron chi connectivity index (χ0n) is 15.3. The van der Waals surface area contributed by atoms with Gasteiger partial charge in [0.05, 0.1) is 31.9 Å². The highest BCUT2D eigenvalue weighted by atomic mass is 35.5. The van der Waals surface area contributed by atoms with Crippen LogP contribution in [0.3, 0.4) is 0 Å². The summed E-state index contributed by atoms with van der Waals surface area (Å²) in [5, 5.41) is 3.68. The number of hydrogen-bond donors (Lipinski definition) is 1. The van der Waals surface area contributed by atoms with E-state index >= 15 is 0 Å². The number of anilines is 1. The van der Waals surface area contributed by atoms with E-state index in [2.05, 4.69) is 5.32 Å². The molecule has 1 heterocycles. The highest BCUT2D eigenvalue weighted by Crippen LogP contribution is 2.34. The lowest BCUT2D eigenvalue weighted by Gasteiger charge is -2.25. The molecule has 29 heavy (non-hydrogen) atoms. The summed E-state index contributed by atoms with van der Waals surface area (Å²) < 4.78 is 0. The van der Waals surface area contributed by atoms with Gasteiger partial charge in [0.1, 0.15) is 6.04 Å².